The van der Waals surface area contributed by atoms with E-state index in [1.54, 1.807) is 11.3 Å². The molecule has 2 aromatic heterocycles. The number of pyridine rings is 1. The first-order chi connectivity index (χ1) is 11.7. The van der Waals surface area contributed by atoms with E-state index in [2.05, 4.69) is 27.2 Å². The summed E-state index contributed by atoms with van der Waals surface area (Å²) in [6.45, 7) is 8.05. The van der Waals surface area contributed by atoms with Crippen LogP contribution in [0.1, 0.15) is 16.4 Å². The van der Waals surface area contributed by atoms with E-state index in [0.29, 0.717) is 12.5 Å². The molecular weight excluding hydrogens is 322 g/mol. The van der Waals surface area contributed by atoms with Crippen molar-refractivity contribution in [1.29, 1.82) is 0 Å². The molecule has 2 aliphatic heterocycles. The van der Waals surface area contributed by atoms with E-state index in [0.717, 1.165) is 50.8 Å². The molecule has 2 aromatic rings. The summed E-state index contributed by atoms with van der Waals surface area (Å²) in [5.74, 6) is 0.558. The predicted octanol–water partition coefficient (Wildman–Crippen LogP) is 2.51. The lowest BCUT2D eigenvalue weighted by atomic mass is 9.82. The normalized spacial score (nSPS) is 26.8. The Labute approximate surface area is 146 Å². The number of fused-ring (bicyclic) bond motifs is 1. The maximum atomic E-state index is 6.03. The quantitative estimate of drug-likeness (QED) is 0.805. The van der Waals surface area contributed by atoms with Gasteiger partial charge in [-0.25, -0.2) is 4.98 Å². The van der Waals surface area contributed by atoms with Crippen LogP contribution in [0.4, 0.5) is 0 Å². The molecule has 0 aliphatic carbocycles. The van der Waals surface area contributed by atoms with E-state index in [9.17, 15) is 0 Å². The Hall–Kier alpha value is -1.34. The summed E-state index contributed by atoms with van der Waals surface area (Å²) < 4.78 is 11.8. The van der Waals surface area contributed by atoms with Gasteiger partial charge in [0.1, 0.15) is 5.01 Å². The van der Waals surface area contributed by atoms with Gasteiger partial charge >= 0.3 is 0 Å². The van der Waals surface area contributed by atoms with E-state index < -0.39 is 0 Å². The van der Waals surface area contributed by atoms with Gasteiger partial charge in [0, 0.05) is 41.7 Å². The summed E-state index contributed by atoms with van der Waals surface area (Å²) in [4.78, 5) is 11.4. The lowest BCUT2D eigenvalue weighted by Crippen LogP contribution is -2.35. The van der Waals surface area contributed by atoms with Crippen LogP contribution in [0.2, 0.25) is 0 Å². The summed E-state index contributed by atoms with van der Waals surface area (Å²) >= 11 is 1.75. The van der Waals surface area contributed by atoms with Gasteiger partial charge in [-0.2, -0.15) is 0 Å². The third-order valence-electron chi connectivity index (χ3n) is 4.98. The number of rotatable bonds is 6. The molecule has 6 heteroatoms. The van der Waals surface area contributed by atoms with Gasteiger partial charge in [-0.05, 0) is 19.1 Å². The SMILES string of the molecule is Cc1csc(CN2C[C@@H]3COC[C@]3(COCc3ccccn3)C2)n1. The van der Waals surface area contributed by atoms with E-state index in [1.165, 1.54) is 5.01 Å². The van der Waals surface area contributed by atoms with Gasteiger partial charge in [0.2, 0.25) is 0 Å². The number of aromatic nitrogens is 2. The fraction of sp³-hybridized carbons (Fsp3) is 0.556. The Kier molecular flexibility index (Phi) is 4.63. The zero-order chi connectivity index (χ0) is 16.4. The van der Waals surface area contributed by atoms with E-state index >= 15 is 0 Å². The highest BCUT2D eigenvalue weighted by Crippen LogP contribution is 2.42. The standard InChI is InChI=1S/C18H23N3O2S/c1-14-10-24-17(20-14)7-21-6-15-8-22-12-18(15,11-21)13-23-9-16-4-2-3-5-19-16/h2-5,10,15H,6-9,11-13H2,1H3/t15-,18+/m1/s1. The molecule has 24 heavy (non-hydrogen) atoms. The van der Waals surface area contributed by atoms with E-state index in [1.807, 2.05) is 24.4 Å². The van der Waals surface area contributed by atoms with Gasteiger partial charge in [-0.3, -0.25) is 9.88 Å². The number of hydrogen-bond acceptors (Lipinski definition) is 6. The van der Waals surface area contributed by atoms with Crippen molar-refractivity contribution in [3.8, 4) is 0 Å². The van der Waals surface area contributed by atoms with Crippen molar-refractivity contribution in [2.24, 2.45) is 11.3 Å². The molecule has 0 radical (unpaired) electrons. The van der Waals surface area contributed by atoms with Crippen molar-refractivity contribution >= 4 is 11.3 Å². The van der Waals surface area contributed by atoms with Crippen LogP contribution in [0, 0.1) is 18.3 Å². The second kappa shape index (κ2) is 6.88. The molecule has 0 N–H and O–H groups in total. The van der Waals surface area contributed by atoms with Crippen LogP contribution >= 0.6 is 11.3 Å². The fourth-order valence-corrected chi connectivity index (χ4v) is 4.59. The van der Waals surface area contributed by atoms with Gasteiger partial charge in [0.05, 0.1) is 38.7 Å². The van der Waals surface area contributed by atoms with Crippen LogP contribution in [0.3, 0.4) is 0 Å². The van der Waals surface area contributed by atoms with Crippen molar-refractivity contribution < 1.29 is 9.47 Å². The smallest absolute Gasteiger partial charge is 0.107 e. The van der Waals surface area contributed by atoms with Gasteiger partial charge < -0.3 is 9.47 Å². The molecule has 0 saturated carbocycles. The number of aryl methyl sites for hydroxylation is 1. The van der Waals surface area contributed by atoms with Gasteiger partial charge in [0.25, 0.3) is 0 Å². The molecule has 0 aromatic carbocycles. The molecule has 5 nitrogen and oxygen atoms in total. The third kappa shape index (κ3) is 3.37. The van der Waals surface area contributed by atoms with Crippen molar-refractivity contribution in [1.82, 2.24) is 14.9 Å². The van der Waals surface area contributed by atoms with Gasteiger partial charge in [-0.15, -0.1) is 11.3 Å². The Morgan fingerprint density at radius 2 is 2.42 bits per heavy atom. The maximum Gasteiger partial charge on any atom is 0.107 e. The van der Waals surface area contributed by atoms with Crippen LogP contribution in [0.15, 0.2) is 29.8 Å². The molecule has 4 rings (SSSR count). The average Bonchev–Trinajstić information content (AvgIpc) is 3.23. The Bertz CT molecular complexity index is 678. The molecule has 2 atom stereocenters. The molecule has 2 aliphatic rings. The summed E-state index contributed by atoms with van der Waals surface area (Å²) in [6.07, 6.45) is 1.81. The Morgan fingerprint density at radius 1 is 1.46 bits per heavy atom. The Morgan fingerprint density at radius 3 is 3.21 bits per heavy atom. The molecule has 0 unspecified atom stereocenters. The zero-order valence-corrected chi connectivity index (χ0v) is 14.8. The van der Waals surface area contributed by atoms with Crippen LogP contribution < -0.4 is 0 Å². The van der Waals surface area contributed by atoms with Crippen LogP contribution in [0.5, 0.6) is 0 Å². The van der Waals surface area contributed by atoms with Gasteiger partial charge in [-0.1, -0.05) is 6.07 Å². The molecule has 2 saturated heterocycles. The minimum absolute atomic E-state index is 0.126. The molecule has 0 amide bonds. The minimum atomic E-state index is 0.126. The second-order valence-corrected chi connectivity index (χ2v) is 7.88. The highest BCUT2D eigenvalue weighted by molar-refractivity contribution is 7.09. The first-order valence-electron chi connectivity index (χ1n) is 8.42. The first kappa shape index (κ1) is 16.1. The molecular formula is C18H23N3O2S. The summed E-state index contributed by atoms with van der Waals surface area (Å²) in [6, 6.07) is 5.93. The first-order valence-corrected chi connectivity index (χ1v) is 9.30. The number of likely N-dealkylation sites (tertiary alicyclic amines) is 1. The topological polar surface area (TPSA) is 47.5 Å². The average molecular weight is 345 g/mol. The zero-order valence-electron chi connectivity index (χ0n) is 14.0. The monoisotopic (exact) mass is 345 g/mol. The number of nitrogens with zero attached hydrogens (tertiary/aromatic N) is 3. The molecule has 4 heterocycles. The molecule has 128 valence electrons. The molecule has 0 bridgehead atoms. The highest BCUT2D eigenvalue weighted by Gasteiger charge is 2.50. The van der Waals surface area contributed by atoms with Crippen molar-refractivity contribution in [3.63, 3.8) is 0 Å². The second-order valence-electron chi connectivity index (χ2n) is 6.94. The number of thiazole rings is 1. The minimum Gasteiger partial charge on any atom is -0.380 e. The maximum absolute atomic E-state index is 6.03. The number of hydrogen-bond donors (Lipinski definition) is 0. The fourth-order valence-electron chi connectivity index (χ4n) is 3.78. The number of ether oxygens (including phenoxy) is 2. The Balaban J connectivity index is 1.36. The van der Waals surface area contributed by atoms with Crippen LogP contribution in [-0.2, 0) is 22.6 Å². The third-order valence-corrected chi connectivity index (χ3v) is 5.93. The lowest BCUT2D eigenvalue weighted by molar-refractivity contribution is 0.0171. The van der Waals surface area contributed by atoms with Crippen molar-refractivity contribution in [3.05, 3.63) is 46.2 Å². The predicted molar refractivity (Wildman–Crippen MR) is 92.8 cm³/mol. The van der Waals surface area contributed by atoms with Crippen LogP contribution in [-0.4, -0.2) is 47.8 Å². The highest BCUT2D eigenvalue weighted by atomic mass is 32.1. The summed E-state index contributed by atoms with van der Waals surface area (Å²) in [7, 11) is 0. The summed E-state index contributed by atoms with van der Waals surface area (Å²) in [5.41, 5.74) is 2.23. The van der Waals surface area contributed by atoms with Crippen molar-refractivity contribution in [2.75, 3.05) is 32.9 Å². The van der Waals surface area contributed by atoms with Crippen molar-refractivity contribution in [2.45, 2.75) is 20.1 Å². The van der Waals surface area contributed by atoms with E-state index in [-0.39, 0.29) is 5.41 Å². The lowest BCUT2D eigenvalue weighted by Gasteiger charge is -2.26. The van der Waals surface area contributed by atoms with E-state index in [4.69, 9.17) is 9.47 Å². The summed E-state index contributed by atoms with van der Waals surface area (Å²) in [5, 5.41) is 3.33. The van der Waals surface area contributed by atoms with Crippen LogP contribution in [0.25, 0.3) is 0 Å². The molecule has 2 fully saturated rings. The largest absolute Gasteiger partial charge is 0.380 e. The van der Waals surface area contributed by atoms with Gasteiger partial charge in [0.15, 0.2) is 0 Å². The molecule has 0 spiro atoms.